The lowest BCUT2D eigenvalue weighted by Crippen LogP contribution is -2.13. The van der Waals surface area contributed by atoms with Crippen LogP contribution in [0.15, 0.2) is 0 Å². The molecule has 0 amide bonds. The van der Waals surface area contributed by atoms with Crippen molar-refractivity contribution in [2.24, 2.45) is 0 Å². The third-order valence-corrected chi connectivity index (χ3v) is 3.52. The van der Waals surface area contributed by atoms with Crippen molar-refractivity contribution >= 4 is 51.5 Å². The molecule has 0 saturated carbocycles. The molecular formula is C8H3Cl3F3N3O. The highest BCUT2D eigenvalue weighted by molar-refractivity contribution is 6.51. The van der Waals surface area contributed by atoms with E-state index >= 15 is 0 Å². The fraction of sp³-hybridized carbons (Fsp3) is 0.125. The standard InChI is InChI=1S/C8H3Cl3F3N3O/c9-1-2(10)4(15)5-6(3(1)11)17(18)7(16-5)8(12,13)14/h18H,15H2. The van der Waals surface area contributed by atoms with Gasteiger partial charge in [0, 0.05) is 0 Å². The molecule has 0 saturated heterocycles. The maximum atomic E-state index is 12.6. The molecule has 10 heteroatoms. The predicted molar refractivity (Wildman–Crippen MR) is 61.4 cm³/mol. The molecular weight excluding hydrogens is 317 g/mol. The first-order chi connectivity index (χ1) is 8.16. The Morgan fingerprint density at radius 3 is 2.17 bits per heavy atom. The Bertz CT molecular complexity index is 653. The summed E-state index contributed by atoms with van der Waals surface area (Å²) in [6.45, 7) is 0. The maximum absolute atomic E-state index is 12.6. The van der Waals surface area contributed by atoms with Crippen LogP contribution in [0.5, 0.6) is 0 Å². The highest BCUT2D eigenvalue weighted by atomic mass is 35.5. The van der Waals surface area contributed by atoms with E-state index in [4.69, 9.17) is 40.5 Å². The summed E-state index contributed by atoms with van der Waals surface area (Å²) in [5, 5.41) is 8.60. The van der Waals surface area contributed by atoms with Crippen LogP contribution in [0.1, 0.15) is 5.82 Å². The van der Waals surface area contributed by atoms with Crippen LogP contribution in [0.3, 0.4) is 0 Å². The highest BCUT2D eigenvalue weighted by Gasteiger charge is 2.39. The van der Waals surface area contributed by atoms with Gasteiger partial charge < -0.3 is 10.9 Å². The van der Waals surface area contributed by atoms with Gasteiger partial charge in [0.2, 0.25) is 0 Å². The van der Waals surface area contributed by atoms with E-state index < -0.39 is 17.5 Å². The van der Waals surface area contributed by atoms with Gasteiger partial charge in [-0.2, -0.15) is 17.9 Å². The molecule has 0 radical (unpaired) electrons. The Hall–Kier alpha value is -1.05. The third-order valence-electron chi connectivity index (χ3n) is 2.19. The van der Waals surface area contributed by atoms with Crippen molar-refractivity contribution in [3.63, 3.8) is 0 Å². The van der Waals surface area contributed by atoms with Gasteiger partial charge in [-0.3, -0.25) is 0 Å². The number of benzene rings is 1. The number of rotatable bonds is 0. The largest absolute Gasteiger partial charge is 0.453 e. The van der Waals surface area contributed by atoms with Gasteiger partial charge in [-0.25, -0.2) is 4.98 Å². The average Bonchev–Trinajstić information content (AvgIpc) is 2.61. The fourth-order valence-corrected chi connectivity index (χ4v) is 2.09. The molecule has 0 fully saturated rings. The first-order valence-corrected chi connectivity index (χ1v) is 5.40. The Morgan fingerprint density at radius 2 is 1.67 bits per heavy atom. The van der Waals surface area contributed by atoms with E-state index in [0.29, 0.717) is 0 Å². The molecule has 2 rings (SSSR count). The smallest absolute Gasteiger partial charge is 0.426 e. The lowest BCUT2D eigenvalue weighted by atomic mass is 10.2. The number of nitrogen functional groups attached to an aromatic ring is 1. The summed E-state index contributed by atoms with van der Waals surface area (Å²) in [6.07, 6.45) is -4.87. The van der Waals surface area contributed by atoms with Crippen molar-refractivity contribution in [2.75, 3.05) is 5.73 Å². The zero-order chi connectivity index (χ0) is 13.8. The molecule has 0 aliphatic carbocycles. The van der Waals surface area contributed by atoms with Crippen molar-refractivity contribution in [1.29, 1.82) is 0 Å². The average molecular weight is 320 g/mol. The number of aromatic nitrogens is 2. The van der Waals surface area contributed by atoms with Crippen LogP contribution in [0.25, 0.3) is 11.0 Å². The fourth-order valence-electron chi connectivity index (χ4n) is 1.40. The normalized spacial score (nSPS) is 12.3. The number of hydrogen-bond acceptors (Lipinski definition) is 3. The topological polar surface area (TPSA) is 64.1 Å². The number of imidazole rings is 1. The van der Waals surface area contributed by atoms with Gasteiger partial charge in [-0.05, 0) is 0 Å². The number of alkyl halides is 3. The van der Waals surface area contributed by atoms with Crippen LogP contribution < -0.4 is 5.73 Å². The minimum absolute atomic E-state index is 0.212. The van der Waals surface area contributed by atoms with Crippen LogP contribution in [-0.2, 0) is 6.18 Å². The lowest BCUT2D eigenvalue weighted by molar-refractivity contribution is -0.153. The van der Waals surface area contributed by atoms with Crippen LogP contribution in [0.4, 0.5) is 18.9 Å². The molecule has 0 bridgehead atoms. The van der Waals surface area contributed by atoms with Gasteiger partial charge in [0.25, 0.3) is 5.82 Å². The van der Waals surface area contributed by atoms with Gasteiger partial charge in [-0.15, -0.1) is 0 Å². The number of fused-ring (bicyclic) bond motifs is 1. The Morgan fingerprint density at radius 1 is 1.11 bits per heavy atom. The second-order valence-electron chi connectivity index (χ2n) is 3.30. The summed E-state index contributed by atoms with van der Waals surface area (Å²) >= 11 is 17.1. The molecule has 0 unspecified atom stereocenters. The van der Waals surface area contributed by atoms with E-state index in [1.54, 1.807) is 0 Å². The van der Waals surface area contributed by atoms with E-state index in [1.165, 1.54) is 0 Å². The summed E-state index contributed by atoms with van der Waals surface area (Å²) in [7, 11) is 0. The number of nitrogens with zero attached hydrogens (tertiary/aromatic N) is 2. The maximum Gasteiger partial charge on any atom is 0.453 e. The van der Waals surface area contributed by atoms with Crippen LogP contribution in [-0.4, -0.2) is 14.9 Å². The van der Waals surface area contributed by atoms with Crippen LogP contribution in [0, 0.1) is 0 Å². The van der Waals surface area contributed by atoms with E-state index in [0.717, 1.165) is 0 Å². The van der Waals surface area contributed by atoms with E-state index in [-0.39, 0.29) is 31.0 Å². The summed E-state index contributed by atoms with van der Waals surface area (Å²) in [4.78, 5) is 3.18. The van der Waals surface area contributed by atoms with E-state index in [9.17, 15) is 18.4 Å². The number of halogens is 6. The van der Waals surface area contributed by atoms with Gasteiger partial charge in [0.1, 0.15) is 11.0 Å². The molecule has 0 aliphatic heterocycles. The summed E-state index contributed by atoms with van der Waals surface area (Å²) < 4.78 is 37.5. The second kappa shape index (κ2) is 3.97. The van der Waals surface area contributed by atoms with Gasteiger partial charge in [0.15, 0.2) is 0 Å². The van der Waals surface area contributed by atoms with Gasteiger partial charge in [-0.1, -0.05) is 34.8 Å². The quantitative estimate of drug-likeness (QED) is 0.440. The lowest BCUT2D eigenvalue weighted by Gasteiger charge is -2.06. The Kier molecular flexibility index (Phi) is 2.95. The van der Waals surface area contributed by atoms with E-state index in [1.807, 2.05) is 0 Å². The molecule has 0 aliphatic rings. The third kappa shape index (κ3) is 1.73. The molecule has 98 valence electrons. The Labute approximate surface area is 113 Å². The predicted octanol–water partition coefficient (Wildman–Crippen LogP) is 3.83. The minimum atomic E-state index is -4.87. The van der Waals surface area contributed by atoms with Crippen molar-refractivity contribution < 1.29 is 18.4 Å². The molecule has 4 nitrogen and oxygen atoms in total. The number of hydrogen-bond donors (Lipinski definition) is 2. The monoisotopic (exact) mass is 319 g/mol. The molecule has 0 spiro atoms. The minimum Gasteiger partial charge on any atom is -0.426 e. The summed E-state index contributed by atoms with van der Waals surface area (Å²) in [5.74, 6) is -1.57. The highest BCUT2D eigenvalue weighted by Crippen LogP contribution is 2.43. The molecule has 0 atom stereocenters. The zero-order valence-electron chi connectivity index (χ0n) is 8.19. The van der Waals surface area contributed by atoms with Crippen LogP contribution in [0.2, 0.25) is 15.1 Å². The number of nitrogens with two attached hydrogens (primary N) is 1. The number of anilines is 1. The van der Waals surface area contributed by atoms with E-state index in [2.05, 4.69) is 4.98 Å². The Balaban J connectivity index is 2.98. The molecule has 1 aromatic heterocycles. The SMILES string of the molecule is Nc1c(Cl)c(Cl)c(Cl)c2c1nc(C(F)(F)F)n2O. The molecule has 1 heterocycles. The van der Waals surface area contributed by atoms with Crippen molar-refractivity contribution in [2.45, 2.75) is 6.18 Å². The van der Waals surface area contributed by atoms with Crippen molar-refractivity contribution in [1.82, 2.24) is 9.71 Å². The first-order valence-electron chi connectivity index (χ1n) is 4.27. The zero-order valence-corrected chi connectivity index (χ0v) is 10.5. The molecule has 1 aromatic carbocycles. The molecule has 3 N–H and O–H groups in total. The van der Waals surface area contributed by atoms with Crippen LogP contribution >= 0.6 is 34.8 Å². The second-order valence-corrected chi connectivity index (χ2v) is 4.43. The van der Waals surface area contributed by atoms with Crippen molar-refractivity contribution in [3.05, 3.63) is 20.9 Å². The summed E-state index contributed by atoms with van der Waals surface area (Å²) in [5.41, 5.74) is 4.37. The molecule has 18 heavy (non-hydrogen) atoms. The summed E-state index contributed by atoms with van der Waals surface area (Å²) in [6, 6.07) is 0. The van der Waals surface area contributed by atoms with Gasteiger partial charge >= 0.3 is 6.18 Å². The van der Waals surface area contributed by atoms with Crippen molar-refractivity contribution in [3.8, 4) is 0 Å². The first kappa shape index (κ1) is 13.4. The van der Waals surface area contributed by atoms with Gasteiger partial charge in [0.05, 0.1) is 20.8 Å². The molecule has 2 aromatic rings.